The van der Waals surface area contributed by atoms with Gasteiger partial charge in [-0.25, -0.2) is 9.50 Å². The van der Waals surface area contributed by atoms with Crippen LogP contribution in [-0.2, 0) is 4.79 Å². The van der Waals surface area contributed by atoms with Gasteiger partial charge in [-0.15, -0.1) is 0 Å². The van der Waals surface area contributed by atoms with E-state index in [4.69, 9.17) is 10.8 Å². The number of aromatic nitrogens is 4. The van der Waals surface area contributed by atoms with Crippen LogP contribution < -0.4 is 11.1 Å². The van der Waals surface area contributed by atoms with E-state index in [1.165, 1.54) is 10.7 Å². The maximum atomic E-state index is 11.5. The van der Waals surface area contributed by atoms with Gasteiger partial charge < -0.3 is 16.2 Å². The van der Waals surface area contributed by atoms with Gasteiger partial charge in [0.05, 0.1) is 23.1 Å². The monoisotopic (exact) mass is 340 g/mol. The molecule has 0 unspecified atom stereocenters. The second-order valence-corrected chi connectivity index (χ2v) is 5.47. The zero-order valence-electron chi connectivity index (χ0n) is 13.6. The van der Waals surface area contributed by atoms with Crippen LogP contribution in [0.1, 0.15) is 21.7 Å². The van der Waals surface area contributed by atoms with Crippen LogP contribution in [-0.4, -0.2) is 43.1 Å². The topological polar surface area (TPSA) is 136 Å². The Balaban J connectivity index is 2.06. The number of rotatable bonds is 4. The van der Waals surface area contributed by atoms with Gasteiger partial charge in [0.15, 0.2) is 11.5 Å². The van der Waals surface area contributed by atoms with Crippen molar-refractivity contribution in [2.45, 2.75) is 13.8 Å². The third kappa shape index (κ3) is 3.17. The van der Waals surface area contributed by atoms with E-state index in [1.54, 1.807) is 25.1 Å². The van der Waals surface area contributed by atoms with Crippen molar-refractivity contribution >= 4 is 23.3 Å². The smallest absolute Gasteiger partial charge is 0.251 e. The molecular formula is C16H16N6O3. The standard InChI is InChI=1S/C16H16N6O3/c1-8-10(5-11(16(17)25)9(2)18-8)12-3-4-14-19-13(6-22(14)21-12)20-15(24)7-23/h3-6,23H,7H2,1-2H3,(H2,17,25)(H,20,24). The number of hydrogen-bond donors (Lipinski definition) is 3. The number of nitrogens with two attached hydrogens (primary N) is 1. The summed E-state index contributed by atoms with van der Waals surface area (Å²) >= 11 is 0. The highest BCUT2D eigenvalue weighted by atomic mass is 16.3. The van der Waals surface area contributed by atoms with Crippen molar-refractivity contribution in [3.05, 3.63) is 41.3 Å². The van der Waals surface area contributed by atoms with Crippen molar-refractivity contribution in [3.8, 4) is 11.3 Å². The van der Waals surface area contributed by atoms with E-state index in [2.05, 4.69) is 20.4 Å². The second-order valence-electron chi connectivity index (χ2n) is 5.47. The molecular weight excluding hydrogens is 324 g/mol. The lowest BCUT2D eigenvalue weighted by atomic mass is 10.0. The molecule has 9 heteroatoms. The van der Waals surface area contributed by atoms with Gasteiger partial charge in [-0.2, -0.15) is 5.10 Å². The highest BCUT2D eigenvalue weighted by Crippen LogP contribution is 2.23. The number of fused-ring (bicyclic) bond motifs is 1. The number of hydrogen-bond acceptors (Lipinski definition) is 6. The van der Waals surface area contributed by atoms with Crippen LogP contribution in [0.3, 0.4) is 0 Å². The molecule has 128 valence electrons. The summed E-state index contributed by atoms with van der Waals surface area (Å²) in [5, 5.41) is 15.7. The SMILES string of the molecule is Cc1nc(C)c(-c2ccc3nc(NC(=O)CO)cn3n2)cc1C(N)=O. The third-order valence-electron chi connectivity index (χ3n) is 3.68. The van der Waals surface area contributed by atoms with Crippen LogP contribution in [0.2, 0.25) is 0 Å². The molecule has 0 aromatic carbocycles. The van der Waals surface area contributed by atoms with Crippen molar-refractivity contribution in [3.63, 3.8) is 0 Å². The van der Waals surface area contributed by atoms with Gasteiger partial charge in [-0.3, -0.25) is 14.6 Å². The summed E-state index contributed by atoms with van der Waals surface area (Å²) in [7, 11) is 0. The van der Waals surface area contributed by atoms with E-state index in [-0.39, 0.29) is 5.82 Å². The lowest BCUT2D eigenvalue weighted by molar-refractivity contribution is -0.118. The Morgan fingerprint density at radius 3 is 2.68 bits per heavy atom. The fourth-order valence-electron chi connectivity index (χ4n) is 2.50. The first kappa shape index (κ1) is 16.5. The first-order chi connectivity index (χ1) is 11.9. The summed E-state index contributed by atoms with van der Waals surface area (Å²) in [6.45, 7) is 2.91. The molecule has 0 fully saturated rings. The number of aliphatic hydroxyl groups excluding tert-OH is 1. The van der Waals surface area contributed by atoms with Gasteiger partial charge in [-0.05, 0) is 32.0 Å². The van der Waals surface area contributed by atoms with E-state index >= 15 is 0 Å². The maximum Gasteiger partial charge on any atom is 0.251 e. The zero-order valence-corrected chi connectivity index (χ0v) is 13.6. The maximum absolute atomic E-state index is 11.5. The Bertz CT molecular complexity index is 995. The highest BCUT2D eigenvalue weighted by Gasteiger charge is 2.14. The minimum absolute atomic E-state index is 0.278. The average Bonchev–Trinajstić information content (AvgIpc) is 2.95. The number of primary amides is 1. The van der Waals surface area contributed by atoms with Gasteiger partial charge in [0.2, 0.25) is 0 Å². The van der Waals surface area contributed by atoms with Crippen LogP contribution in [0.15, 0.2) is 24.4 Å². The Kier molecular flexibility index (Phi) is 4.15. The highest BCUT2D eigenvalue weighted by molar-refractivity contribution is 5.95. The molecule has 0 aliphatic rings. The zero-order chi connectivity index (χ0) is 18.1. The fourth-order valence-corrected chi connectivity index (χ4v) is 2.50. The van der Waals surface area contributed by atoms with E-state index in [9.17, 15) is 9.59 Å². The number of aryl methyl sites for hydroxylation is 2. The number of aliphatic hydroxyl groups is 1. The Hall–Kier alpha value is -3.33. The van der Waals surface area contributed by atoms with Crippen LogP contribution in [0.25, 0.3) is 16.9 Å². The Morgan fingerprint density at radius 2 is 2.00 bits per heavy atom. The summed E-state index contributed by atoms with van der Waals surface area (Å²) < 4.78 is 1.49. The number of pyridine rings is 1. The number of nitrogens with one attached hydrogen (secondary N) is 1. The number of amides is 2. The van der Waals surface area contributed by atoms with Crippen LogP contribution in [0.4, 0.5) is 5.82 Å². The van der Waals surface area contributed by atoms with Crippen molar-refractivity contribution < 1.29 is 14.7 Å². The molecule has 3 aromatic heterocycles. The van der Waals surface area contributed by atoms with E-state index in [0.29, 0.717) is 33.9 Å². The Labute approximate surface area is 142 Å². The van der Waals surface area contributed by atoms with Crippen molar-refractivity contribution in [1.29, 1.82) is 0 Å². The molecule has 0 spiro atoms. The molecule has 3 heterocycles. The van der Waals surface area contributed by atoms with E-state index < -0.39 is 18.4 Å². The first-order valence-electron chi connectivity index (χ1n) is 7.44. The van der Waals surface area contributed by atoms with E-state index in [0.717, 1.165) is 0 Å². The molecule has 2 amide bonds. The molecule has 4 N–H and O–H groups in total. The van der Waals surface area contributed by atoms with Crippen molar-refractivity contribution in [2.24, 2.45) is 5.73 Å². The third-order valence-corrected chi connectivity index (χ3v) is 3.68. The molecule has 0 bridgehead atoms. The molecule has 0 radical (unpaired) electrons. The molecule has 0 saturated carbocycles. The fraction of sp³-hybridized carbons (Fsp3) is 0.188. The number of carbonyl (C=O) groups is 2. The normalized spacial score (nSPS) is 10.8. The summed E-state index contributed by atoms with van der Waals surface area (Å²) in [5.74, 6) is -0.836. The first-order valence-corrected chi connectivity index (χ1v) is 7.44. The summed E-state index contributed by atoms with van der Waals surface area (Å²) in [6, 6.07) is 5.13. The Morgan fingerprint density at radius 1 is 1.24 bits per heavy atom. The lowest BCUT2D eigenvalue weighted by Gasteiger charge is -2.09. The minimum atomic E-state index is -0.628. The molecule has 9 nitrogen and oxygen atoms in total. The van der Waals surface area contributed by atoms with Gasteiger partial charge in [0.25, 0.3) is 11.8 Å². The lowest BCUT2D eigenvalue weighted by Crippen LogP contribution is -2.15. The quantitative estimate of drug-likeness (QED) is 0.630. The second kappa shape index (κ2) is 6.29. The molecule has 0 saturated heterocycles. The van der Waals surface area contributed by atoms with Gasteiger partial charge >= 0.3 is 0 Å². The largest absolute Gasteiger partial charge is 0.387 e. The summed E-state index contributed by atoms with van der Waals surface area (Å²) in [5.41, 5.74) is 8.78. The molecule has 25 heavy (non-hydrogen) atoms. The van der Waals surface area contributed by atoms with Crippen molar-refractivity contribution in [1.82, 2.24) is 19.6 Å². The van der Waals surface area contributed by atoms with E-state index in [1.807, 2.05) is 6.92 Å². The van der Waals surface area contributed by atoms with Crippen LogP contribution in [0.5, 0.6) is 0 Å². The predicted octanol–water partition coefficient (Wildman–Crippen LogP) is 0.438. The van der Waals surface area contributed by atoms with Gasteiger partial charge in [-0.1, -0.05) is 0 Å². The number of imidazole rings is 1. The molecule has 0 aliphatic carbocycles. The number of carbonyl (C=O) groups excluding carboxylic acids is 2. The van der Waals surface area contributed by atoms with Crippen LogP contribution in [0, 0.1) is 13.8 Å². The average molecular weight is 340 g/mol. The minimum Gasteiger partial charge on any atom is -0.387 e. The van der Waals surface area contributed by atoms with Crippen LogP contribution >= 0.6 is 0 Å². The molecule has 0 atom stereocenters. The molecule has 0 aliphatic heterocycles. The van der Waals surface area contributed by atoms with Gasteiger partial charge in [0.1, 0.15) is 6.61 Å². The molecule has 3 aromatic rings. The number of anilines is 1. The van der Waals surface area contributed by atoms with Crippen molar-refractivity contribution in [2.75, 3.05) is 11.9 Å². The van der Waals surface area contributed by atoms with Gasteiger partial charge in [0, 0.05) is 11.3 Å². The summed E-state index contributed by atoms with van der Waals surface area (Å²) in [6.07, 6.45) is 1.53. The summed E-state index contributed by atoms with van der Waals surface area (Å²) in [4.78, 5) is 31.3. The number of nitrogens with zero attached hydrogens (tertiary/aromatic N) is 4. The predicted molar refractivity (Wildman–Crippen MR) is 89.9 cm³/mol. The molecule has 3 rings (SSSR count).